The maximum Gasteiger partial charge on any atom is 0.419 e. The van der Waals surface area contributed by atoms with E-state index in [0.29, 0.717) is 5.75 Å². The van der Waals surface area contributed by atoms with E-state index >= 15 is 0 Å². The number of amides is 1. The van der Waals surface area contributed by atoms with Gasteiger partial charge in [0.1, 0.15) is 11.3 Å². The van der Waals surface area contributed by atoms with Gasteiger partial charge < -0.3 is 15.2 Å². The quantitative estimate of drug-likeness (QED) is 0.841. The second-order valence-electron chi connectivity index (χ2n) is 5.43. The number of ether oxygens (including phenoxy) is 1. The van der Waals surface area contributed by atoms with E-state index in [4.69, 9.17) is 4.74 Å². The average molecular weight is 363 g/mol. The number of nitrogens with one attached hydrogen (secondary N) is 1. The third-order valence-corrected chi connectivity index (χ3v) is 4.85. The Morgan fingerprint density at radius 2 is 2.04 bits per heavy atom. The maximum atomic E-state index is 12.9. The normalized spacial score (nSPS) is 22.0. The van der Waals surface area contributed by atoms with Gasteiger partial charge in [0.15, 0.2) is 6.10 Å². The molecule has 2 N–H and O–H groups in total. The van der Waals surface area contributed by atoms with Crippen LogP contribution >= 0.6 is 11.8 Å². The van der Waals surface area contributed by atoms with Crippen molar-refractivity contribution in [3.05, 3.63) is 29.8 Å². The Hall–Kier alpha value is -1.90. The Bertz CT molecular complexity index is 629. The number of carboxylic acids is 1. The second-order valence-corrected chi connectivity index (χ2v) is 6.54. The summed E-state index contributed by atoms with van der Waals surface area (Å²) in [5.41, 5.74) is -2.39. The van der Waals surface area contributed by atoms with Crippen LogP contribution in [-0.4, -0.2) is 40.1 Å². The van der Waals surface area contributed by atoms with Crippen molar-refractivity contribution in [2.45, 2.75) is 31.2 Å². The molecule has 0 saturated carbocycles. The summed E-state index contributed by atoms with van der Waals surface area (Å²) in [5.74, 6) is -1.61. The minimum absolute atomic E-state index is 0.208. The zero-order chi connectivity index (χ0) is 18.0. The van der Waals surface area contributed by atoms with Crippen LogP contribution in [-0.2, 0) is 15.8 Å². The molecular weight excluding hydrogens is 347 g/mol. The molecule has 2 rings (SSSR count). The number of hydrogen-bond donors (Lipinski definition) is 2. The Kier molecular flexibility index (Phi) is 5.32. The lowest BCUT2D eigenvalue weighted by molar-refractivity contribution is -0.147. The van der Waals surface area contributed by atoms with E-state index in [1.807, 2.05) is 0 Å². The van der Waals surface area contributed by atoms with Gasteiger partial charge in [-0.2, -0.15) is 24.9 Å². The van der Waals surface area contributed by atoms with E-state index in [9.17, 15) is 27.9 Å². The van der Waals surface area contributed by atoms with Gasteiger partial charge in [0.2, 0.25) is 0 Å². The molecule has 1 aromatic rings. The number of aliphatic carboxylic acids is 1. The monoisotopic (exact) mass is 363 g/mol. The Morgan fingerprint density at radius 3 is 2.58 bits per heavy atom. The van der Waals surface area contributed by atoms with Gasteiger partial charge >= 0.3 is 12.1 Å². The van der Waals surface area contributed by atoms with Gasteiger partial charge in [0, 0.05) is 5.75 Å². The molecule has 1 aliphatic heterocycles. The van der Waals surface area contributed by atoms with Crippen LogP contribution in [0.2, 0.25) is 0 Å². The highest BCUT2D eigenvalue weighted by Gasteiger charge is 2.44. The van der Waals surface area contributed by atoms with Crippen molar-refractivity contribution >= 4 is 23.6 Å². The van der Waals surface area contributed by atoms with Gasteiger partial charge in [-0.3, -0.25) is 4.79 Å². The van der Waals surface area contributed by atoms with Crippen molar-refractivity contribution in [3.63, 3.8) is 0 Å². The Morgan fingerprint density at radius 1 is 1.38 bits per heavy atom. The van der Waals surface area contributed by atoms with Crippen LogP contribution in [0, 0.1) is 0 Å². The molecule has 1 aliphatic rings. The van der Waals surface area contributed by atoms with E-state index in [1.54, 1.807) is 0 Å². The first-order chi connectivity index (χ1) is 11.2. The number of thioether (sulfide) groups is 1. The predicted molar refractivity (Wildman–Crippen MR) is 82.0 cm³/mol. The number of carbonyl (C=O) groups is 2. The molecule has 0 aliphatic carbocycles. The van der Waals surface area contributed by atoms with E-state index in [-0.39, 0.29) is 12.2 Å². The predicted octanol–water partition coefficient (Wildman–Crippen LogP) is 2.55. The number of carbonyl (C=O) groups excluding carboxylic acids is 1. The van der Waals surface area contributed by atoms with Crippen LogP contribution in [0.25, 0.3) is 0 Å². The van der Waals surface area contributed by atoms with Gasteiger partial charge in [-0.05, 0) is 31.2 Å². The molecule has 1 aromatic carbocycles. The highest BCUT2D eigenvalue weighted by atomic mass is 32.2. The lowest BCUT2D eigenvalue weighted by Gasteiger charge is -2.27. The molecule has 2 atom stereocenters. The number of alkyl halides is 3. The minimum atomic E-state index is -4.61. The van der Waals surface area contributed by atoms with E-state index in [2.05, 4.69) is 5.32 Å². The van der Waals surface area contributed by atoms with Crippen molar-refractivity contribution < 1.29 is 32.6 Å². The zero-order valence-electron chi connectivity index (χ0n) is 12.7. The highest BCUT2D eigenvalue weighted by molar-refractivity contribution is 7.99. The van der Waals surface area contributed by atoms with Gasteiger partial charge in [-0.1, -0.05) is 12.1 Å². The molecule has 0 spiro atoms. The fourth-order valence-electron chi connectivity index (χ4n) is 2.27. The molecule has 132 valence electrons. The van der Waals surface area contributed by atoms with Crippen LogP contribution in [0.15, 0.2) is 24.3 Å². The van der Waals surface area contributed by atoms with Crippen molar-refractivity contribution in [1.29, 1.82) is 0 Å². The summed E-state index contributed by atoms with van der Waals surface area (Å²) < 4.78 is 43.9. The van der Waals surface area contributed by atoms with Gasteiger partial charge in [-0.15, -0.1) is 0 Å². The molecule has 1 saturated heterocycles. The number of para-hydroxylation sites is 1. The van der Waals surface area contributed by atoms with Crippen LogP contribution in [0.5, 0.6) is 5.75 Å². The third-order valence-electron chi connectivity index (χ3n) is 3.66. The molecule has 0 aromatic heterocycles. The number of carboxylic acid groups (broad SMARTS) is 1. The summed E-state index contributed by atoms with van der Waals surface area (Å²) in [4.78, 5) is 23.6. The fraction of sp³-hybridized carbons (Fsp3) is 0.467. The van der Waals surface area contributed by atoms with E-state index in [1.165, 1.54) is 30.8 Å². The first kappa shape index (κ1) is 18.4. The molecule has 0 bridgehead atoms. The fourth-order valence-corrected chi connectivity index (χ4v) is 3.60. The minimum Gasteiger partial charge on any atom is -0.480 e. The van der Waals surface area contributed by atoms with E-state index in [0.717, 1.165) is 12.1 Å². The smallest absolute Gasteiger partial charge is 0.419 e. The summed E-state index contributed by atoms with van der Waals surface area (Å²) in [5, 5.41) is 11.7. The average Bonchev–Trinajstić information content (AvgIpc) is 2.96. The molecule has 1 fully saturated rings. The third kappa shape index (κ3) is 3.95. The van der Waals surface area contributed by atoms with Crippen LogP contribution < -0.4 is 10.1 Å². The highest BCUT2D eigenvalue weighted by Crippen LogP contribution is 2.36. The summed E-state index contributed by atoms with van der Waals surface area (Å²) >= 11 is 1.39. The number of hydrogen-bond acceptors (Lipinski definition) is 4. The van der Waals surface area contributed by atoms with Crippen LogP contribution in [0.3, 0.4) is 0 Å². The molecule has 24 heavy (non-hydrogen) atoms. The summed E-state index contributed by atoms with van der Waals surface area (Å²) in [6, 6.07) is 4.55. The topological polar surface area (TPSA) is 75.6 Å². The Labute approximate surface area is 140 Å². The number of rotatable bonds is 5. The van der Waals surface area contributed by atoms with Gasteiger partial charge in [-0.25, -0.2) is 4.79 Å². The first-order valence-electron chi connectivity index (χ1n) is 7.12. The second kappa shape index (κ2) is 6.92. The molecule has 9 heteroatoms. The van der Waals surface area contributed by atoms with E-state index < -0.39 is 41.0 Å². The van der Waals surface area contributed by atoms with Crippen molar-refractivity contribution in [2.75, 3.05) is 11.5 Å². The van der Waals surface area contributed by atoms with Crippen LogP contribution in [0.4, 0.5) is 13.2 Å². The van der Waals surface area contributed by atoms with Crippen LogP contribution in [0.1, 0.15) is 18.9 Å². The number of halogens is 3. The maximum absolute atomic E-state index is 12.9. The Balaban J connectivity index is 2.11. The molecule has 1 heterocycles. The van der Waals surface area contributed by atoms with Crippen molar-refractivity contribution in [3.8, 4) is 5.75 Å². The van der Waals surface area contributed by atoms with Gasteiger partial charge in [0.05, 0.1) is 5.56 Å². The zero-order valence-corrected chi connectivity index (χ0v) is 13.5. The SMILES string of the molecule is CC(Oc1ccccc1C(F)(F)F)C(=O)NC1(C(=O)O)CCSC1. The van der Waals surface area contributed by atoms with Crippen molar-refractivity contribution in [1.82, 2.24) is 5.32 Å². The molecule has 1 amide bonds. The first-order valence-corrected chi connectivity index (χ1v) is 8.27. The molecular formula is C15H16F3NO4S. The standard InChI is InChI=1S/C15H16F3NO4S/c1-9(12(20)19-14(13(21)22)6-7-24-8-14)23-11-5-3-2-4-10(11)15(16,17)18/h2-5,9H,6-8H2,1H3,(H,19,20)(H,21,22). The summed E-state index contributed by atoms with van der Waals surface area (Å²) in [6.07, 6.45) is -5.63. The largest absolute Gasteiger partial charge is 0.480 e. The van der Waals surface area contributed by atoms with Gasteiger partial charge in [0.25, 0.3) is 5.91 Å². The molecule has 5 nitrogen and oxygen atoms in total. The summed E-state index contributed by atoms with van der Waals surface area (Å²) in [6.45, 7) is 1.28. The summed E-state index contributed by atoms with van der Waals surface area (Å²) in [7, 11) is 0. The number of benzene rings is 1. The lowest BCUT2D eigenvalue weighted by Crippen LogP contribution is -2.57. The lowest BCUT2D eigenvalue weighted by atomic mass is 9.99. The molecule has 0 radical (unpaired) electrons. The molecule has 2 unspecified atom stereocenters. The van der Waals surface area contributed by atoms with Crippen molar-refractivity contribution in [2.24, 2.45) is 0 Å².